The zero-order valence-corrected chi connectivity index (χ0v) is 13.2. The molecule has 1 fully saturated rings. The van der Waals surface area contributed by atoms with Crippen LogP contribution >= 0.6 is 0 Å². The van der Waals surface area contributed by atoms with Gasteiger partial charge in [0, 0.05) is 31.3 Å². The summed E-state index contributed by atoms with van der Waals surface area (Å²) in [6.45, 7) is 8.19. The Labute approximate surface area is 130 Å². The van der Waals surface area contributed by atoms with Gasteiger partial charge in [0.05, 0.1) is 0 Å². The van der Waals surface area contributed by atoms with Crippen molar-refractivity contribution in [3.63, 3.8) is 0 Å². The summed E-state index contributed by atoms with van der Waals surface area (Å²) in [5.41, 5.74) is 0.0257. The van der Waals surface area contributed by atoms with Crippen molar-refractivity contribution in [2.75, 3.05) is 26.2 Å². The highest BCUT2D eigenvalue weighted by molar-refractivity contribution is 5.94. The van der Waals surface area contributed by atoms with Crippen molar-refractivity contribution >= 4 is 5.91 Å². The summed E-state index contributed by atoms with van der Waals surface area (Å²) in [5.74, 6) is -0.469. The minimum Gasteiger partial charge on any atom is -0.352 e. The summed E-state index contributed by atoms with van der Waals surface area (Å²) in [6, 6.07) is 2.86. The topological polar surface area (TPSA) is 32.3 Å². The molecule has 1 heterocycles. The van der Waals surface area contributed by atoms with E-state index in [0.29, 0.717) is 18.4 Å². The van der Waals surface area contributed by atoms with Crippen molar-refractivity contribution < 1.29 is 13.6 Å². The van der Waals surface area contributed by atoms with E-state index >= 15 is 0 Å². The highest BCUT2D eigenvalue weighted by Crippen LogP contribution is 2.20. The van der Waals surface area contributed by atoms with Crippen LogP contribution in [0.5, 0.6) is 0 Å². The molecule has 1 N–H and O–H groups in total. The predicted octanol–water partition coefficient (Wildman–Crippen LogP) is 3.06. The van der Waals surface area contributed by atoms with Gasteiger partial charge in [0.25, 0.3) is 5.91 Å². The average Bonchev–Trinajstić information content (AvgIpc) is 2.41. The Morgan fingerprint density at radius 3 is 2.36 bits per heavy atom. The van der Waals surface area contributed by atoms with Gasteiger partial charge in [0.2, 0.25) is 0 Å². The van der Waals surface area contributed by atoms with Gasteiger partial charge in [-0.2, -0.15) is 0 Å². The molecule has 0 saturated carbocycles. The van der Waals surface area contributed by atoms with Gasteiger partial charge >= 0.3 is 0 Å². The zero-order valence-electron chi connectivity index (χ0n) is 13.2. The number of carbonyl (C=O) groups is 1. The summed E-state index contributed by atoms with van der Waals surface area (Å²) in [6.07, 6.45) is 2.11. The first-order chi connectivity index (χ1) is 10.4. The molecule has 1 aromatic rings. The Morgan fingerprint density at radius 1 is 1.18 bits per heavy atom. The van der Waals surface area contributed by atoms with Crippen LogP contribution < -0.4 is 5.32 Å². The molecule has 1 amide bonds. The number of piperidine rings is 1. The Kier molecular flexibility index (Phi) is 5.89. The van der Waals surface area contributed by atoms with Crippen LogP contribution in [0.4, 0.5) is 8.78 Å². The third-order valence-electron chi connectivity index (χ3n) is 4.01. The van der Waals surface area contributed by atoms with E-state index < -0.39 is 17.5 Å². The van der Waals surface area contributed by atoms with Crippen LogP contribution in [-0.4, -0.2) is 37.0 Å². The van der Waals surface area contributed by atoms with Gasteiger partial charge in [-0.3, -0.25) is 4.79 Å². The number of rotatable bonds is 5. The lowest BCUT2D eigenvalue weighted by Gasteiger charge is -2.34. The maximum Gasteiger partial charge on any atom is 0.251 e. The molecule has 5 heteroatoms. The lowest BCUT2D eigenvalue weighted by atomic mass is 9.92. The molecule has 22 heavy (non-hydrogen) atoms. The average molecular weight is 310 g/mol. The van der Waals surface area contributed by atoms with Crippen molar-refractivity contribution in [3.05, 3.63) is 35.4 Å². The van der Waals surface area contributed by atoms with Gasteiger partial charge in [-0.1, -0.05) is 13.8 Å². The molecule has 1 aromatic carbocycles. The van der Waals surface area contributed by atoms with Crippen LogP contribution in [-0.2, 0) is 0 Å². The van der Waals surface area contributed by atoms with E-state index in [-0.39, 0.29) is 5.56 Å². The second kappa shape index (κ2) is 7.68. The summed E-state index contributed by atoms with van der Waals surface area (Å²) in [4.78, 5) is 14.3. The third-order valence-corrected chi connectivity index (χ3v) is 4.01. The molecular weight excluding hydrogens is 286 g/mol. The van der Waals surface area contributed by atoms with E-state index in [2.05, 4.69) is 24.1 Å². The van der Waals surface area contributed by atoms with E-state index in [1.807, 2.05) is 0 Å². The van der Waals surface area contributed by atoms with Gasteiger partial charge in [-0.15, -0.1) is 0 Å². The number of hydrogen-bond donors (Lipinski definition) is 1. The molecule has 0 radical (unpaired) electrons. The van der Waals surface area contributed by atoms with Gasteiger partial charge in [0.15, 0.2) is 0 Å². The highest BCUT2D eigenvalue weighted by Gasteiger charge is 2.21. The molecule has 2 rings (SSSR count). The molecule has 122 valence electrons. The Bertz CT molecular complexity index is 491. The third kappa shape index (κ3) is 5.05. The maximum atomic E-state index is 13.1. The van der Waals surface area contributed by atoms with Crippen LogP contribution in [0.15, 0.2) is 18.2 Å². The lowest BCUT2D eigenvalue weighted by molar-refractivity contribution is 0.0946. The largest absolute Gasteiger partial charge is 0.352 e. The van der Waals surface area contributed by atoms with Gasteiger partial charge in [-0.05, 0) is 43.4 Å². The summed E-state index contributed by atoms with van der Waals surface area (Å²) in [7, 11) is 0. The lowest BCUT2D eigenvalue weighted by Crippen LogP contribution is -2.40. The fourth-order valence-corrected chi connectivity index (χ4v) is 3.27. The molecule has 1 saturated heterocycles. The zero-order chi connectivity index (χ0) is 16.1. The van der Waals surface area contributed by atoms with E-state index in [9.17, 15) is 13.6 Å². The molecule has 1 aliphatic heterocycles. The number of halogens is 2. The van der Waals surface area contributed by atoms with Crippen molar-refractivity contribution in [3.8, 4) is 0 Å². The van der Waals surface area contributed by atoms with Gasteiger partial charge in [0.1, 0.15) is 11.6 Å². The van der Waals surface area contributed by atoms with Crippen LogP contribution in [0.25, 0.3) is 0 Å². The van der Waals surface area contributed by atoms with Crippen LogP contribution in [0.1, 0.15) is 37.0 Å². The quantitative estimate of drug-likeness (QED) is 0.848. The first kappa shape index (κ1) is 16.9. The highest BCUT2D eigenvalue weighted by atomic mass is 19.1. The minimum atomic E-state index is -0.735. The molecule has 0 bridgehead atoms. The molecule has 0 aromatic heterocycles. The molecular formula is C17H24F2N2O. The van der Waals surface area contributed by atoms with Gasteiger partial charge < -0.3 is 10.2 Å². The number of hydrogen-bond acceptors (Lipinski definition) is 2. The number of amides is 1. The van der Waals surface area contributed by atoms with Crippen molar-refractivity contribution in [2.24, 2.45) is 11.8 Å². The standard InChI is InChI=1S/C17H24F2N2O/c1-12-6-13(2)11-21(10-12)5-3-4-20-17(22)14-7-15(18)9-16(19)8-14/h7-9,12-13H,3-6,10-11H2,1-2H3,(H,20,22)/t12-,13-/m0/s1. The fourth-order valence-electron chi connectivity index (χ4n) is 3.27. The second-order valence-electron chi connectivity index (χ2n) is 6.47. The monoisotopic (exact) mass is 310 g/mol. The molecule has 2 atom stereocenters. The predicted molar refractivity (Wildman–Crippen MR) is 82.7 cm³/mol. The first-order valence-electron chi connectivity index (χ1n) is 7.90. The van der Waals surface area contributed by atoms with Crippen molar-refractivity contribution in [1.82, 2.24) is 10.2 Å². The fraction of sp³-hybridized carbons (Fsp3) is 0.588. The van der Waals surface area contributed by atoms with Crippen molar-refractivity contribution in [2.45, 2.75) is 26.7 Å². The summed E-state index contributed by atoms with van der Waals surface area (Å²) < 4.78 is 26.1. The van der Waals surface area contributed by atoms with E-state index in [1.165, 1.54) is 6.42 Å². The van der Waals surface area contributed by atoms with Crippen LogP contribution in [0, 0.1) is 23.5 Å². The van der Waals surface area contributed by atoms with Gasteiger partial charge in [-0.25, -0.2) is 8.78 Å². The molecule has 0 spiro atoms. The molecule has 0 unspecified atom stereocenters. The minimum absolute atomic E-state index is 0.0257. The maximum absolute atomic E-state index is 13.1. The SMILES string of the molecule is C[C@H]1C[C@H](C)CN(CCCNC(=O)c2cc(F)cc(F)c2)C1. The Morgan fingerprint density at radius 2 is 1.77 bits per heavy atom. The van der Waals surface area contributed by atoms with Crippen molar-refractivity contribution in [1.29, 1.82) is 0 Å². The number of nitrogens with zero attached hydrogens (tertiary/aromatic N) is 1. The Balaban J connectivity index is 1.73. The molecule has 0 aliphatic carbocycles. The van der Waals surface area contributed by atoms with E-state index in [0.717, 1.165) is 44.3 Å². The van der Waals surface area contributed by atoms with Crippen LogP contribution in [0.2, 0.25) is 0 Å². The van der Waals surface area contributed by atoms with Crippen LogP contribution in [0.3, 0.4) is 0 Å². The number of likely N-dealkylation sites (tertiary alicyclic amines) is 1. The summed E-state index contributed by atoms with van der Waals surface area (Å²) in [5, 5.41) is 2.72. The normalized spacial score (nSPS) is 22.5. The molecule has 3 nitrogen and oxygen atoms in total. The number of benzene rings is 1. The first-order valence-corrected chi connectivity index (χ1v) is 7.90. The van der Waals surface area contributed by atoms with E-state index in [1.54, 1.807) is 0 Å². The number of nitrogens with one attached hydrogen (secondary N) is 1. The number of carbonyl (C=O) groups excluding carboxylic acids is 1. The second-order valence-corrected chi connectivity index (χ2v) is 6.47. The molecule has 1 aliphatic rings. The van der Waals surface area contributed by atoms with E-state index in [4.69, 9.17) is 0 Å². The summed E-state index contributed by atoms with van der Waals surface area (Å²) >= 11 is 0. The Hall–Kier alpha value is -1.49. The smallest absolute Gasteiger partial charge is 0.251 e.